The lowest BCUT2D eigenvalue weighted by atomic mass is 9.80. The van der Waals surface area contributed by atoms with Crippen molar-refractivity contribution in [3.8, 4) is 0 Å². The second-order valence-electron chi connectivity index (χ2n) is 15.8. The fourth-order valence-corrected chi connectivity index (χ4v) is 6.82. The topological polar surface area (TPSA) is 18.5 Å². The molecule has 0 fully saturated rings. The Morgan fingerprint density at radius 1 is 0.348 bits per heavy atom. The Hall–Kier alpha value is -3.20. The predicted octanol–water partition coefficient (Wildman–Crippen LogP) is 12.2. The SMILES string of the molecule is Cc1c(C)c(C)c(C(OOC(c2ccc(C(C)(C)C)cc2)c2ccc(C(C)(C)C)cc2)c2c(C)c(C)c(C)c(C)c2C)c(C)c1C. The summed E-state index contributed by atoms with van der Waals surface area (Å²) >= 11 is 0. The third-order valence-electron chi connectivity index (χ3n) is 11.0. The Kier molecular flexibility index (Phi) is 10.2. The normalized spacial score (nSPS) is 12.5. The van der Waals surface area contributed by atoms with Crippen LogP contribution in [0.4, 0.5) is 0 Å². The van der Waals surface area contributed by atoms with Gasteiger partial charge in [0.15, 0.2) is 0 Å². The van der Waals surface area contributed by atoms with Crippen molar-refractivity contribution in [2.45, 2.75) is 134 Å². The minimum Gasteiger partial charge on any atom is -0.223 e. The van der Waals surface area contributed by atoms with E-state index in [1.54, 1.807) is 0 Å². The summed E-state index contributed by atoms with van der Waals surface area (Å²) in [6, 6.07) is 17.7. The highest BCUT2D eigenvalue weighted by Crippen LogP contribution is 2.42. The van der Waals surface area contributed by atoms with E-state index in [2.05, 4.69) is 159 Å². The number of rotatable bonds is 7. The van der Waals surface area contributed by atoms with E-state index in [0.717, 1.165) is 11.1 Å². The summed E-state index contributed by atoms with van der Waals surface area (Å²) in [7, 11) is 0. The van der Waals surface area contributed by atoms with Gasteiger partial charge in [0, 0.05) is 0 Å². The van der Waals surface area contributed by atoms with Gasteiger partial charge in [-0.05, 0) is 169 Å². The van der Waals surface area contributed by atoms with Crippen LogP contribution in [0.3, 0.4) is 0 Å². The fraction of sp³-hybridized carbons (Fsp3) is 0.455. The third-order valence-corrected chi connectivity index (χ3v) is 11.0. The first-order chi connectivity index (χ1) is 21.3. The quantitative estimate of drug-likeness (QED) is 0.151. The van der Waals surface area contributed by atoms with E-state index >= 15 is 0 Å². The molecule has 0 aliphatic rings. The van der Waals surface area contributed by atoms with E-state index in [4.69, 9.17) is 9.78 Å². The molecule has 46 heavy (non-hydrogen) atoms. The van der Waals surface area contributed by atoms with Gasteiger partial charge >= 0.3 is 0 Å². The summed E-state index contributed by atoms with van der Waals surface area (Å²) in [5, 5.41) is 0. The highest BCUT2D eigenvalue weighted by Gasteiger charge is 2.30. The third kappa shape index (κ3) is 6.76. The van der Waals surface area contributed by atoms with Crippen molar-refractivity contribution in [1.82, 2.24) is 0 Å². The van der Waals surface area contributed by atoms with Crippen LogP contribution >= 0.6 is 0 Å². The van der Waals surface area contributed by atoms with E-state index in [-0.39, 0.29) is 16.9 Å². The molecule has 0 spiro atoms. The number of hydrogen-bond donors (Lipinski definition) is 0. The molecule has 0 amide bonds. The second-order valence-corrected chi connectivity index (χ2v) is 15.8. The van der Waals surface area contributed by atoms with E-state index < -0.39 is 6.10 Å². The maximum atomic E-state index is 6.90. The zero-order valence-electron chi connectivity index (χ0n) is 31.6. The van der Waals surface area contributed by atoms with E-state index in [9.17, 15) is 0 Å². The van der Waals surface area contributed by atoms with Gasteiger partial charge in [-0.1, -0.05) is 90.1 Å². The molecule has 4 rings (SSSR count). The summed E-state index contributed by atoms with van der Waals surface area (Å²) in [6.45, 7) is 35.9. The Balaban J connectivity index is 1.93. The first-order valence-corrected chi connectivity index (χ1v) is 16.9. The highest BCUT2D eigenvalue weighted by molar-refractivity contribution is 5.57. The molecule has 0 N–H and O–H groups in total. The van der Waals surface area contributed by atoms with Gasteiger partial charge in [0.25, 0.3) is 0 Å². The molecule has 0 saturated heterocycles. The monoisotopic (exact) mass is 618 g/mol. The van der Waals surface area contributed by atoms with Crippen LogP contribution in [0, 0.1) is 69.2 Å². The van der Waals surface area contributed by atoms with Crippen LogP contribution in [0.25, 0.3) is 0 Å². The summed E-state index contributed by atoms with van der Waals surface area (Å²) in [6.07, 6.45) is -0.784. The van der Waals surface area contributed by atoms with Crippen LogP contribution in [0.5, 0.6) is 0 Å². The standard InChI is InChI=1S/C44H58O2/c1-25-27(3)31(7)39(32(8)28(25)4)42(40-33(9)29(5)26(2)30(6)34(40)10)46-45-41(35-17-21-37(22-18-35)43(11,12)13)36-19-23-38(24-20-36)44(14,15)16/h17-24,41-42H,1-16H3. The lowest BCUT2D eigenvalue weighted by molar-refractivity contribution is -0.341. The molecule has 0 unspecified atom stereocenters. The van der Waals surface area contributed by atoms with Gasteiger partial charge < -0.3 is 0 Å². The molecule has 0 aliphatic heterocycles. The zero-order chi connectivity index (χ0) is 34.5. The largest absolute Gasteiger partial charge is 0.223 e. The molecule has 2 heteroatoms. The van der Waals surface area contributed by atoms with E-state index in [1.165, 1.54) is 77.9 Å². The summed E-state index contributed by atoms with van der Waals surface area (Å²) < 4.78 is 0. The molecule has 2 nitrogen and oxygen atoms in total. The Labute approximate surface area is 280 Å². The van der Waals surface area contributed by atoms with Gasteiger partial charge in [-0.3, -0.25) is 0 Å². The Morgan fingerprint density at radius 2 is 0.587 bits per heavy atom. The minimum absolute atomic E-state index is 0.0667. The molecule has 246 valence electrons. The molecule has 0 saturated carbocycles. The van der Waals surface area contributed by atoms with E-state index in [1.807, 2.05) is 0 Å². The molecule has 0 heterocycles. The smallest absolute Gasteiger partial charge is 0.144 e. The molecule has 0 aromatic heterocycles. The first-order valence-electron chi connectivity index (χ1n) is 16.9. The second kappa shape index (κ2) is 13.1. The number of hydrogen-bond acceptors (Lipinski definition) is 2. The molecule has 4 aromatic rings. The van der Waals surface area contributed by atoms with Gasteiger partial charge in [-0.25, -0.2) is 9.78 Å². The maximum absolute atomic E-state index is 6.90. The Bertz CT molecular complexity index is 1540. The molecule has 0 aliphatic carbocycles. The van der Waals surface area contributed by atoms with Crippen molar-refractivity contribution in [2.75, 3.05) is 0 Å². The molecule has 0 radical (unpaired) electrons. The summed E-state index contributed by atoms with van der Waals surface area (Å²) in [5.74, 6) is 0. The van der Waals surface area contributed by atoms with Gasteiger partial charge in [-0.15, -0.1) is 0 Å². The predicted molar refractivity (Wildman–Crippen MR) is 196 cm³/mol. The number of benzene rings is 4. The summed E-state index contributed by atoms with van der Waals surface area (Å²) in [5.41, 5.74) is 20.3. The first kappa shape index (κ1) is 35.7. The van der Waals surface area contributed by atoms with Crippen LogP contribution < -0.4 is 0 Å². The average molecular weight is 619 g/mol. The minimum atomic E-state index is -0.396. The highest BCUT2D eigenvalue weighted by atomic mass is 17.2. The van der Waals surface area contributed by atoms with Gasteiger partial charge in [0.05, 0.1) is 0 Å². The van der Waals surface area contributed by atoms with Crippen LogP contribution in [0.2, 0.25) is 0 Å². The summed E-state index contributed by atoms with van der Waals surface area (Å²) in [4.78, 5) is 13.7. The van der Waals surface area contributed by atoms with Crippen LogP contribution in [0.1, 0.15) is 143 Å². The van der Waals surface area contributed by atoms with Crippen molar-refractivity contribution >= 4 is 0 Å². The van der Waals surface area contributed by atoms with Crippen molar-refractivity contribution in [1.29, 1.82) is 0 Å². The van der Waals surface area contributed by atoms with Crippen molar-refractivity contribution in [3.63, 3.8) is 0 Å². The van der Waals surface area contributed by atoms with Gasteiger partial charge in [-0.2, -0.15) is 0 Å². The van der Waals surface area contributed by atoms with Gasteiger partial charge in [0.1, 0.15) is 12.2 Å². The van der Waals surface area contributed by atoms with Crippen molar-refractivity contribution in [2.24, 2.45) is 0 Å². The molecular formula is C44H58O2. The lowest BCUT2D eigenvalue weighted by Crippen LogP contribution is -2.19. The van der Waals surface area contributed by atoms with Crippen LogP contribution in [-0.2, 0) is 20.6 Å². The van der Waals surface area contributed by atoms with Crippen LogP contribution in [-0.4, -0.2) is 0 Å². The molecule has 4 aromatic carbocycles. The lowest BCUT2D eigenvalue weighted by Gasteiger charge is -2.31. The van der Waals surface area contributed by atoms with Crippen LogP contribution in [0.15, 0.2) is 48.5 Å². The Morgan fingerprint density at radius 3 is 0.848 bits per heavy atom. The van der Waals surface area contributed by atoms with Gasteiger partial charge in [0.2, 0.25) is 0 Å². The molecule has 0 bridgehead atoms. The molecule has 0 atom stereocenters. The maximum Gasteiger partial charge on any atom is 0.144 e. The van der Waals surface area contributed by atoms with Crippen molar-refractivity contribution < 1.29 is 9.78 Å². The molecular weight excluding hydrogens is 560 g/mol. The van der Waals surface area contributed by atoms with Crippen molar-refractivity contribution in [3.05, 3.63) is 138 Å². The fourth-order valence-electron chi connectivity index (χ4n) is 6.82. The zero-order valence-corrected chi connectivity index (χ0v) is 31.6. The average Bonchev–Trinajstić information content (AvgIpc) is 3.00. The van der Waals surface area contributed by atoms with E-state index in [0.29, 0.717) is 0 Å².